The molecule has 0 fully saturated rings. The summed E-state index contributed by atoms with van der Waals surface area (Å²) in [5, 5.41) is 0. The zero-order valence-corrected chi connectivity index (χ0v) is 11.2. The van der Waals surface area contributed by atoms with Crippen molar-refractivity contribution in [2.75, 3.05) is 0 Å². The highest BCUT2D eigenvalue weighted by Gasteiger charge is 2.10. The Morgan fingerprint density at radius 3 is 2.37 bits per heavy atom. The molecule has 96 valence electrons. The second-order valence-electron chi connectivity index (χ2n) is 5.01. The highest BCUT2D eigenvalue weighted by atomic mass is 19.1. The smallest absolute Gasteiger partial charge is 0.139 e. The van der Waals surface area contributed by atoms with E-state index in [1.54, 1.807) is 10.5 Å². The summed E-state index contributed by atoms with van der Waals surface area (Å²) in [6.45, 7) is 6.25. The molecule has 3 aromatic rings. The summed E-state index contributed by atoms with van der Waals surface area (Å²) in [7, 11) is 0. The van der Waals surface area contributed by atoms with E-state index in [1.165, 1.54) is 29.0 Å². The molecule has 0 aliphatic rings. The summed E-state index contributed by atoms with van der Waals surface area (Å²) in [5.74, 6) is -0.256. The Morgan fingerprint density at radius 1 is 1.00 bits per heavy atom. The van der Waals surface area contributed by atoms with Crippen molar-refractivity contribution in [2.24, 2.45) is 0 Å². The van der Waals surface area contributed by atoms with Crippen molar-refractivity contribution in [2.45, 2.75) is 20.8 Å². The summed E-state index contributed by atoms with van der Waals surface area (Å²) in [6, 6.07) is 7.42. The lowest BCUT2D eigenvalue weighted by Gasteiger charge is -2.08. The first kappa shape index (κ1) is 11.9. The molecule has 2 aromatic heterocycles. The Kier molecular flexibility index (Phi) is 2.63. The second kappa shape index (κ2) is 4.19. The molecular formula is C16H15FN2. The van der Waals surface area contributed by atoms with E-state index in [0.29, 0.717) is 0 Å². The fraction of sp³-hybridized carbons (Fsp3) is 0.188. The quantitative estimate of drug-likeness (QED) is 0.640. The number of benzene rings is 1. The molecule has 0 bridgehead atoms. The maximum Gasteiger partial charge on any atom is 0.139 e. The van der Waals surface area contributed by atoms with E-state index >= 15 is 0 Å². The minimum Gasteiger partial charge on any atom is -0.304 e. The number of halogens is 1. The number of fused-ring (bicyclic) bond motifs is 1. The van der Waals surface area contributed by atoms with Crippen LogP contribution in [0.2, 0.25) is 0 Å². The molecule has 0 aliphatic heterocycles. The van der Waals surface area contributed by atoms with Crippen LogP contribution in [0, 0.1) is 26.6 Å². The Labute approximate surface area is 111 Å². The molecule has 0 spiro atoms. The number of pyridine rings is 1. The van der Waals surface area contributed by atoms with Crippen LogP contribution in [0.5, 0.6) is 0 Å². The molecule has 19 heavy (non-hydrogen) atoms. The van der Waals surface area contributed by atoms with E-state index in [1.807, 2.05) is 6.20 Å². The average Bonchev–Trinajstić information content (AvgIpc) is 2.69. The van der Waals surface area contributed by atoms with Gasteiger partial charge in [-0.05, 0) is 44.0 Å². The van der Waals surface area contributed by atoms with Crippen LogP contribution in [0.25, 0.3) is 16.9 Å². The molecule has 0 unspecified atom stereocenters. The molecule has 2 nitrogen and oxygen atoms in total. The fourth-order valence-corrected chi connectivity index (χ4v) is 2.67. The molecule has 0 saturated carbocycles. The molecule has 0 aliphatic carbocycles. The first-order chi connectivity index (χ1) is 9.04. The lowest BCUT2D eigenvalue weighted by Crippen LogP contribution is -1.89. The van der Waals surface area contributed by atoms with Crippen molar-refractivity contribution in [3.05, 3.63) is 59.2 Å². The van der Waals surface area contributed by atoms with Gasteiger partial charge in [-0.25, -0.2) is 9.37 Å². The van der Waals surface area contributed by atoms with Gasteiger partial charge in [0.2, 0.25) is 0 Å². The third kappa shape index (κ3) is 2.01. The topological polar surface area (TPSA) is 17.3 Å². The van der Waals surface area contributed by atoms with Gasteiger partial charge in [-0.2, -0.15) is 0 Å². The number of hydrogen-bond acceptors (Lipinski definition) is 1. The monoisotopic (exact) mass is 254 g/mol. The van der Waals surface area contributed by atoms with Crippen molar-refractivity contribution in [3.63, 3.8) is 0 Å². The van der Waals surface area contributed by atoms with E-state index in [9.17, 15) is 4.39 Å². The Hall–Kier alpha value is -2.16. The van der Waals surface area contributed by atoms with Gasteiger partial charge in [0, 0.05) is 18.0 Å². The number of nitrogens with zero attached hydrogens (tertiary/aromatic N) is 2. The predicted octanol–water partition coefficient (Wildman–Crippen LogP) is 4.07. The molecule has 0 radical (unpaired) electrons. The van der Waals surface area contributed by atoms with Crippen LogP contribution in [0.3, 0.4) is 0 Å². The number of rotatable bonds is 1. The standard InChI is InChI=1S/C16H15FN2/c1-10-6-11(2)16(12(3)7-10)14-9-19-8-13(17)4-5-15(19)18-14/h4-9H,1-3H3. The molecule has 3 rings (SSSR count). The third-order valence-electron chi connectivity index (χ3n) is 3.35. The van der Waals surface area contributed by atoms with Crippen LogP contribution in [0.1, 0.15) is 16.7 Å². The van der Waals surface area contributed by atoms with Crippen LogP contribution in [-0.2, 0) is 0 Å². The zero-order valence-electron chi connectivity index (χ0n) is 11.2. The Balaban J connectivity index is 2.24. The normalized spacial score (nSPS) is 11.2. The van der Waals surface area contributed by atoms with Crippen LogP contribution in [0.4, 0.5) is 4.39 Å². The van der Waals surface area contributed by atoms with Crippen LogP contribution in [-0.4, -0.2) is 9.38 Å². The van der Waals surface area contributed by atoms with Crippen LogP contribution < -0.4 is 0 Å². The minimum absolute atomic E-state index is 0.256. The first-order valence-corrected chi connectivity index (χ1v) is 6.27. The predicted molar refractivity (Wildman–Crippen MR) is 74.8 cm³/mol. The molecule has 3 heteroatoms. The third-order valence-corrected chi connectivity index (χ3v) is 3.35. The van der Waals surface area contributed by atoms with Gasteiger partial charge in [-0.1, -0.05) is 17.7 Å². The lowest BCUT2D eigenvalue weighted by molar-refractivity contribution is 0.619. The van der Waals surface area contributed by atoms with Gasteiger partial charge >= 0.3 is 0 Å². The number of imidazole rings is 1. The molecule has 2 heterocycles. The van der Waals surface area contributed by atoms with E-state index in [2.05, 4.69) is 37.9 Å². The van der Waals surface area contributed by atoms with Crippen molar-refractivity contribution >= 4 is 5.65 Å². The Morgan fingerprint density at radius 2 is 1.68 bits per heavy atom. The van der Waals surface area contributed by atoms with Crippen LogP contribution in [0.15, 0.2) is 36.7 Å². The molecule has 0 saturated heterocycles. The lowest BCUT2D eigenvalue weighted by atomic mass is 9.98. The summed E-state index contributed by atoms with van der Waals surface area (Å²) < 4.78 is 14.9. The van der Waals surface area contributed by atoms with Crippen molar-refractivity contribution in [3.8, 4) is 11.3 Å². The number of aromatic nitrogens is 2. The summed E-state index contributed by atoms with van der Waals surface area (Å²) >= 11 is 0. The molecule has 0 atom stereocenters. The molecular weight excluding hydrogens is 239 g/mol. The number of aryl methyl sites for hydroxylation is 3. The average molecular weight is 254 g/mol. The van der Waals surface area contributed by atoms with Gasteiger partial charge < -0.3 is 4.40 Å². The van der Waals surface area contributed by atoms with E-state index in [4.69, 9.17) is 0 Å². The highest BCUT2D eigenvalue weighted by Crippen LogP contribution is 2.27. The van der Waals surface area contributed by atoms with Crippen molar-refractivity contribution in [1.82, 2.24) is 9.38 Å². The fourth-order valence-electron chi connectivity index (χ4n) is 2.67. The number of hydrogen-bond donors (Lipinski definition) is 0. The first-order valence-electron chi connectivity index (χ1n) is 6.27. The van der Waals surface area contributed by atoms with Gasteiger partial charge in [0.15, 0.2) is 0 Å². The summed E-state index contributed by atoms with van der Waals surface area (Å²) in [4.78, 5) is 4.57. The van der Waals surface area contributed by atoms with E-state index < -0.39 is 0 Å². The Bertz CT molecular complexity index is 749. The van der Waals surface area contributed by atoms with Gasteiger partial charge in [-0.15, -0.1) is 0 Å². The SMILES string of the molecule is Cc1cc(C)c(-c2cn3cc(F)ccc3n2)c(C)c1. The van der Waals surface area contributed by atoms with Crippen molar-refractivity contribution in [1.29, 1.82) is 0 Å². The maximum atomic E-state index is 13.2. The van der Waals surface area contributed by atoms with E-state index in [-0.39, 0.29) is 5.82 Å². The van der Waals surface area contributed by atoms with Crippen molar-refractivity contribution < 1.29 is 4.39 Å². The van der Waals surface area contributed by atoms with E-state index in [0.717, 1.165) is 16.9 Å². The second-order valence-corrected chi connectivity index (χ2v) is 5.01. The van der Waals surface area contributed by atoms with Gasteiger partial charge in [0.25, 0.3) is 0 Å². The largest absolute Gasteiger partial charge is 0.304 e. The maximum absolute atomic E-state index is 13.2. The van der Waals surface area contributed by atoms with Gasteiger partial charge in [-0.3, -0.25) is 0 Å². The molecule has 1 aromatic carbocycles. The summed E-state index contributed by atoms with van der Waals surface area (Å²) in [6.07, 6.45) is 3.33. The van der Waals surface area contributed by atoms with Crippen LogP contribution >= 0.6 is 0 Å². The zero-order chi connectivity index (χ0) is 13.6. The minimum atomic E-state index is -0.256. The van der Waals surface area contributed by atoms with Gasteiger partial charge in [0.05, 0.1) is 5.69 Å². The van der Waals surface area contributed by atoms with Gasteiger partial charge in [0.1, 0.15) is 11.5 Å². The highest BCUT2D eigenvalue weighted by molar-refractivity contribution is 5.70. The summed E-state index contributed by atoms with van der Waals surface area (Å²) in [5.41, 5.74) is 6.42. The molecule has 0 amide bonds. The molecule has 0 N–H and O–H groups in total.